The van der Waals surface area contributed by atoms with Gasteiger partial charge in [0.1, 0.15) is 0 Å². The summed E-state index contributed by atoms with van der Waals surface area (Å²) in [6.07, 6.45) is 1.60. The first-order valence-electron chi connectivity index (χ1n) is 6.40. The molecule has 3 aromatic rings. The third kappa shape index (κ3) is 2.67. The molecule has 0 bridgehead atoms. The molecule has 0 radical (unpaired) electrons. The number of aryl methyl sites for hydroxylation is 1. The molecule has 2 aromatic heterocycles. The quantitative estimate of drug-likeness (QED) is 0.783. The molecule has 0 fully saturated rings. The number of amides is 1. The number of fused-ring (bicyclic) bond motifs is 1. The van der Waals surface area contributed by atoms with Crippen molar-refractivity contribution >= 4 is 22.4 Å². The smallest absolute Gasteiger partial charge is 0.344 e. The Morgan fingerprint density at radius 3 is 2.81 bits per heavy atom. The molecule has 5 heteroatoms. The minimum absolute atomic E-state index is 0.0202. The first-order chi connectivity index (χ1) is 10.1. The van der Waals surface area contributed by atoms with Crippen molar-refractivity contribution in [2.24, 2.45) is 0 Å². The lowest BCUT2D eigenvalue weighted by atomic mass is 10.1. The summed E-state index contributed by atoms with van der Waals surface area (Å²) in [5.74, 6) is -0.489. The van der Waals surface area contributed by atoms with Gasteiger partial charge in [0.25, 0.3) is 5.91 Å². The second-order valence-electron chi connectivity index (χ2n) is 4.63. The zero-order valence-corrected chi connectivity index (χ0v) is 11.3. The van der Waals surface area contributed by atoms with Crippen LogP contribution in [0.3, 0.4) is 0 Å². The molecule has 0 saturated heterocycles. The highest BCUT2D eigenvalue weighted by Gasteiger charge is 2.12. The zero-order valence-electron chi connectivity index (χ0n) is 11.3. The molecule has 5 nitrogen and oxygen atoms in total. The van der Waals surface area contributed by atoms with E-state index in [-0.39, 0.29) is 5.76 Å². The molecule has 3 rings (SSSR count). The van der Waals surface area contributed by atoms with Crippen LogP contribution in [0.2, 0.25) is 0 Å². The molecule has 1 amide bonds. The van der Waals surface area contributed by atoms with Gasteiger partial charge in [-0.25, -0.2) is 4.79 Å². The molecule has 0 spiro atoms. The molecule has 2 heterocycles. The second-order valence-corrected chi connectivity index (χ2v) is 4.63. The number of pyridine rings is 1. The predicted octanol–water partition coefficient (Wildman–Crippen LogP) is 2.75. The Morgan fingerprint density at radius 2 is 2.00 bits per heavy atom. The van der Waals surface area contributed by atoms with Crippen molar-refractivity contribution < 1.29 is 9.21 Å². The molecule has 0 unspecified atom stereocenters. The van der Waals surface area contributed by atoms with Crippen LogP contribution in [0.15, 0.2) is 57.9 Å². The van der Waals surface area contributed by atoms with E-state index < -0.39 is 11.5 Å². The number of carbonyl (C=O) groups is 1. The molecule has 0 saturated carbocycles. The second kappa shape index (κ2) is 5.20. The number of carbonyl (C=O) groups excluding carboxylic acids is 1. The van der Waals surface area contributed by atoms with E-state index in [0.717, 1.165) is 5.69 Å². The highest BCUT2D eigenvalue weighted by molar-refractivity contribution is 6.03. The van der Waals surface area contributed by atoms with E-state index in [2.05, 4.69) is 10.3 Å². The van der Waals surface area contributed by atoms with Gasteiger partial charge in [-0.3, -0.25) is 9.78 Å². The molecular weight excluding hydrogens is 268 g/mol. The van der Waals surface area contributed by atoms with Crippen molar-refractivity contribution in [2.75, 3.05) is 5.32 Å². The summed E-state index contributed by atoms with van der Waals surface area (Å²) in [7, 11) is 0. The summed E-state index contributed by atoms with van der Waals surface area (Å²) < 4.78 is 5.07. The minimum Gasteiger partial charge on any atom is -0.417 e. The molecule has 1 aromatic carbocycles. The molecule has 0 aliphatic carbocycles. The fraction of sp³-hybridized carbons (Fsp3) is 0.0625. The van der Waals surface area contributed by atoms with Gasteiger partial charge >= 0.3 is 5.63 Å². The first-order valence-corrected chi connectivity index (χ1v) is 6.40. The van der Waals surface area contributed by atoms with Gasteiger partial charge < -0.3 is 9.73 Å². The Hall–Kier alpha value is -2.95. The van der Waals surface area contributed by atoms with Crippen LogP contribution in [0.1, 0.15) is 16.2 Å². The van der Waals surface area contributed by atoms with Crippen molar-refractivity contribution in [1.29, 1.82) is 0 Å². The van der Waals surface area contributed by atoms with E-state index in [1.165, 1.54) is 0 Å². The molecule has 21 heavy (non-hydrogen) atoms. The lowest BCUT2D eigenvalue weighted by Crippen LogP contribution is -2.15. The van der Waals surface area contributed by atoms with Gasteiger partial charge in [0.15, 0.2) is 5.76 Å². The monoisotopic (exact) mass is 280 g/mol. The average Bonchev–Trinajstić information content (AvgIpc) is 2.47. The fourth-order valence-corrected chi connectivity index (χ4v) is 2.06. The molecule has 0 aliphatic rings. The summed E-state index contributed by atoms with van der Waals surface area (Å²) >= 11 is 0. The third-order valence-corrected chi connectivity index (χ3v) is 3.05. The van der Waals surface area contributed by atoms with Crippen LogP contribution in [-0.2, 0) is 0 Å². The van der Waals surface area contributed by atoms with Gasteiger partial charge in [0, 0.05) is 17.6 Å². The van der Waals surface area contributed by atoms with E-state index in [9.17, 15) is 9.59 Å². The van der Waals surface area contributed by atoms with Gasteiger partial charge in [-0.2, -0.15) is 0 Å². The van der Waals surface area contributed by atoms with Crippen LogP contribution in [0.5, 0.6) is 0 Å². The average molecular weight is 280 g/mol. The third-order valence-electron chi connectivity index (χ3n) is 3.05. The summed E-state index contributed by atoms with van der Waals surface area (Å²) in [5, 5.41) is 3.80. The highest BCUT2D eigenvalue weighted by Crippen LogP contribution is 2.14. The summed E-state index contributed by atoms with van der Waals surface area (Å²) in [5.41, 5.74) is 0.861. The van der Waals surface area contributed by atoms with Crippen LogP contribution in [0.25, 0.3) is 10.8 Å². The lowest BCUT2D eigenvalue weighted by Gasteiger charge is -2.05. The van der Waals surface area contributed by atoms with E-state index in [1.807, 2.05) is 6.92 Å². The Bertz CT molecular complexity index is 884. The van der Waals surface area contributed by atoms with Crippen molar-refractivity contribution in [2.45, 2.75) is 6.92 Å². The van der Waals surface area contributed by atoms with Crippen LogP contribution in [0, 0.1) is 6.92 Å². The van der Waals surface area contributed by atoms with Gasteiger partial charge in [0.05, 0.1) is 5.39 Å². The van der Waals surface area contributed by atoms with Crippen LogP contribution < -0.4 is 10.9 Å². The Kier molecular flexibility index (Phi) is 3.23. The maximum Gasteiger partial charge on any atom is 0.344 e. The van der Waals surface area contributed by atoms with E-state index in [0.29, 0.717) is 16.5 Å². The molecule has 104 valence electrons. The molecular formula is C16H12N2O3. The number of nitrogens with zero attached hydrogens (tertiary/aromatic N) is 1. The Labute approximate surface area is 120 Å². The van der Waals surface area contributed by atoms with Gasteiger partial charge in [-0.1, -0.05) is 18.2 Å². The Morgan fingerprint density at radius 1 is 1.19 bits per heavy atom. The standard InChI is InChI=1S/C16H12N2O3/c1-10-8-12(6-7-17-10)18-15(19)14-9-11-4-2-3-5-13(11)16(20)21-14/h2-9H,1H3,(H,17,18,19). The van der Waals surface area contributed by atoms with E-state index in [4.69, 9.17) is 4.42 Å². The van der Waals surface area contributed by atoms with Crippen molar-refractivity contribution in [3.63, 3.8) is 0 Å². The number of benzene rings is 1. The summed E-state index contributed by atoms with van der Waals surface area (Å²) in [6, 6.07) is 11.9. The minimum atomic E-state index is -0.524. The fourth-order valence-electron chi connectivity index (χ4n) is 2.06. The highest BCUT2D eigenvalue weighted by atomic mass is 16.4. The predicted molar refractivity (Wildman–Crippen MR) is 79.4 cm³/mol. The van der Waals surface area contributed by atoms with Crippen molar-refractivity contribution in [3.05, 3.63) is 70.5 Å². The number of hydrogen-bond donors (Lipinski definition) is 1. The maximum atomic E-state index is 12.2. The van der Waals surface area contributed by atoms with Crippen LogP contribution >= 0.6 is 0 Å². The number of rotatable bonds is 2. The number of hydrogen-bond acceptors (Lipinski definition) is 4. The van der Waals surface area contributed by atoms with E-state index in [1.54, 1.807) is 48.7 Å². The largest absolute Gasteiger partial charge is 0.417 e. The van der Waals surface area contributed by atoms with Crippen LogP contribution in [-0.4, -0.2) is 10.9 Å². The summed E-state index contributed by atoms with van der Waals surface area (Å²) in [4.78, 5) is 28.1. The van der Waals surface area contributed by atoms with Crippen molar-refractivity contribution in [3.8, 4) is 0 Å². The van der Waals surface area contributed by atoms with Crippen molar-refractivity contribution in [1.82, 2.24) is 4.98 Å². The first kappa shape index (κ1) is 13.1. The topological polar surface area (TPSA) is 72.2 Å². The molecule has 1 N–H and O–H groups in total. The number of nitrogens with one attached hydrogen (secondary N) is 1. The zero-order chi connectivity index (χ0) is 14.8. The van der Waals surface area contributed by atoms with Gasteiger partial charge in [-0.15, -0.1) is 0 Å². The molecule has 0 aliphatic heterocycles. The lowest BCUT2D eigenvalue weighted by molar-refractivity contribution is 0.0993. The number of aromatic nitrogens is 1. The molecule has 0 atom stereocenters. The maximum absolute atomic E-state index is 12.2. The van der Waals surface area contributed by atoms with Gasteiger partial charge in [0.2, 0.25) is 0 Å². The Balaban J connectivity index is 1.96. The van der Waals surface area contributed by atoms with E-state index >= 15 is 0 Å². The SMILES string of the molecule is Cc1cc(NC(=O)c2cc3ccccc3c(=O)o2)ccn1. The van der Waals surface area contributed by atoms with Crippen LogP contribution in [0.4, 0.5) is 5.69 Å². The normalized spacial score (nSPS) is 10.5. The summed E-state index contributed by atoms with van der Waals surface area (Å²) in [6.45, 7) is 1.83. The van der Waals surface area contributed by atoms with Gasteiger partial charge in [-0.05, 0) is 36.6 Å². The number of anilines is 1.